The molecular formula is C35H41F3N4O5. The lowest BCUT2D eigenvalue weighted by Crippen LogP contribution is -2.40. The van der Waals surface area contributed by atoms with Gasteiger partial charge in [-0.3, -0.25) is 9.59 Å². The zero-order valence-corrected chi connectivity index (χ0v) is 27.2. The smallest absolute Gasteiger partial charge is 0.435 e. The van der Waals surface area contributed by atoms with E-state index in [0.29, 0.717) is 36.0 Å². The normalized spacial score (nSPS) is 19.2. The summed E-state index contributed by atoms with van der Waals surface area (Å²) in [7, 11) is 3.11. The van der Waals surface area contributed by atoms with Crippen molar-refractivity contribution in [2.45, 2.75) is 77.2 Å². The van der Waals surface area contributed by atoms with E-state index in [2.05, 4.69) is 16.6 Å². The summed E-state index contributed by atoms with van der Waals surface area (Å²) in [6, 6.07) is 10.1. The standard InChI is InChI=1S/C35H41F3N4O5/c1-6-13-47-24-10-7-22(8-11-24)41(20-21-14-25(45-4)17-26(15-21)46-5)28-16-23(9-12-27(28)33(39)44)42-29-18-34(2,3)19-30(43)31(29)32(40-42)35(36,37)38/h6,9,12,14-17,22,24H,1,7-8,10-11,13,18-20H2,2-5H3,(H2,39,44). The maximum absolute atomic E-state index is 14.2. The first-order chi connectivity index (χ1) is 22.2. The number of primary amides is 1. The van der Waals surface area contributed by atoms with E-state index < -0.39 is 34.5 Å². The van der Waals surface area contributed by atoms with Crippen LogP contribution in [-0.2, 0) is 23.9 Å². The number of carbonyl (C=O) groups excluding carboxylic acids is 2. The van der Waals surface area contributed by atoms with Crippen molar-refractivity contribution in [1.29, 1.82) is 0 Å². The Morgan fingerprint density at radius 1 is 1.09 bits per heavy atom. The summed E-state index contributed by atoms with van der Waals surface area (Å²) in [5, 5.41) is 3.98. The minimum absolute atomic E-state index is 0.0163. The highest BCUT2D eigenvalue weighted by Crippen LogP contribution is 2.43. The van der Waals surface area contributed by atoms with E-state index in [-0.39, 0.29) is 36.2 Å². The first kappa shape index (κ1) is 34.0. The molecular weight excluding hydrogens is 613 g/mol. The van der Waals surface area contributed by atoms with Crippen LogP contribution in [0.1, 0.15) is 83.6 Å². The minimum atomic E-state index is -4.83. The van der Waals surface area contributed by atoms with Gasteiger partial charge in [-0.05, 0) is 73.4 Å². The Balaban J connectivity index is 1.65. The number of amides is 1. The molecule has 1 amide bonds. The van der Waals surface area contributed by atoms with E-state index in [1.807, 2.05) is 26.0 Å². The molecule has 9 nitrogen and oxygen atoms in total. The van der Waals surface area contributed by atoms with Gasteiger partial charge in [-0.15, -0.1) is 6.58 Å². The molecule has 0 unspecified atom stereocenters. The summed E-state index contributed by atoms with van der Waals surface area (Å²) in [6.45, 7) is 8.19. The molecule has 2 aromatic carbocycles. The average Bonchev–Trinajstić information content (AvgIpc) is 3.42. The molecule has 3 aromatic rings. The van der Waals surface area contributed by atoms with Gasteiger partial charge in [0.2, 0.25) is 0 Å². The number of alkyl halides is 3. The molecule has 47 heavy (non-hydrogen) atoms. The Morgan fingerprint density at radius 3 is 2.32 bits per heavy atom. The number of nitrogens with zero attached hydrogens (tertiary/aromatic N) is 3. The van der Waals surface area contributed by atoms with Crippen LogP contribution in [0.5, 0.6) is 11.5 Å². The van der Waals surface area contributed by atoms with Crippen LogP contribution >= 0.6 is 0 Å². The molecule has 0 spiro atoms. The predicted octanol–water partition coefficient (Wildman–Crippen LogP) is 6.68. The van der Waals surface area contributed by atoms with Gasteiger partial charge < -0.3 is 24.8 Å². The van der Waals surface area contributed by atoms with Crippen molar-refractivity contribution in [1.82, 2.24) is 9.78 Å². The topological polar surface area (TPSA) is 109 Å². The van der Waals surface area contributed by atoms with Crippen LogP contribution in [0.15, 0.2) is 49.1 Å². The van der Waals surface area contributed by atoms with E-state index in [0.717, 1.165) is 31.2 Å². The summed E-state index contributed by atoms with van der Waals surface area (Å²) in [5.41, 5.74) is 5.72. The number of nitrogens with two attached hydrogens (primary N) is 1. The van der Waals surface area contributed by atoms with Gasteiger partial charge in [-0.25, -0.2) is 4.68 Å². The number of benzene rings is 2. The lowest BCUT2D eigenvalue weighted by atomic mass is 9.75. The number of fused-ring (bicyclic) bond motifs is 1. The van der Waals surface area contributed by atoms with E-state index in [4.69, 9.17) is 19.9 Å². The van der Waals surface area contributed by atoms with Gasteiger partial charge in [0.15, 0.2) is 11.5 Å². The largest absolute Gasteiger partial charge is 0.497 e. The van der Waals surface area contributed by atoms with Crippen LogP contribution in [-0.4, -0.2) is 54.4 Å². The molecule has 0 aliphatic heterocycles. The van der Waals surface area contributed by atoms with Crippen LogP contribution in [0.25, 0.3) is 5.69 Å². The van der Waals surface area contributed by atoms with Crippen LogP contribution in [0.3, 0.4) is 0 Å². The van der Waals surface area contributed by atoms with Crippen molar-refractivity contribution >= 4 is 17.4 Å². The van der Waals surface area contributed by atoms with Crippen LogP contribution in [0.4, 0.5) is 18.9 Å². The molecule has 2 aliphatic rings. The fraction of sp³-hybridized carbons (Fsp3) is 0.457. The van der Waals surface area contributed by atoms with Crippen LogP contribution < -0.4 is 20.1 Å². The Labute approximate surface area is 272 Å². The zero-order valence-electron chi connectivity index (χ0n) is 27.2. The number of anilines is 1. The molecule has 12 heteroatoms. The second-order valence-corrected chi connectivity index (χ2v) is 13.0. The van der Waals surface area contributed by atoms with Crippen molar-refractivity contribution < 1.29 is 37.0 Å². The van der Waals surface area contributed by atoms with Gasteiger partial charge in [0, 0.05) is 25.1 Å². The van der Waals surface area contributed by atoms with Crippen LogP contribution in [0, 0.1) is 5.41 Å². The molecule has 0 bridgehead atoms. The number of hydrogen-bond acceptors (Lipinski definition) is 7. The molecule has 0 saturated heterocycles. The monoisotopic (exact) mass is 654 g/mol. The number of Topliss-reactive ketones (excluding diaryl/α,β-unsaturated/α-hetero) is 1. The average molecular weight is 655 g/mol. The van der Waals surface area contributed by atoms with Crippen molar-refractivity contribution in [2.24, 2.45) is 11.1 Å². The summed E-state index contributed by atoms with van der Waals surface area (Å²) in [5.74, 6) is -0.106. The SMILES string of the molecule is C=CCOC1CCC(N(Cc2cc(OC)cc(OC)c2)c2cc(-n3nc(C(F)(F)F)c4c3CC(C)(C)CC4=O)ccc2C(N)=O)CC1. The Bertz CT molecular complexity index is 1630. The number of hydrogen-bond donors (Lipinski definition) is 1. The number of ketones is 1. The number of methoxy groups -OCH3 is 2. The molecule has 5 rings (SSSR count). The Kier molecular flexibility index (Phi) is 9.72. The zero-order chi connectivity index (χ0) is 34.1. The first-order valence-corrected chi connectivity index (χ1v) is 15.6. The number of halogens is 3. The molecule has 2 N–H and O–H groups in total. The second kappa shape index (κ2) is 13.4. The molecule has 2 aliphatic carbocycles. The number of aromatic nitrogens is 2. The van der Waals surface area contributed by atoms with Crippen LogP contribution in [0.2, 0.25) is 0 Å². The maximum atomic E-state index is 14.2. The summed E-state index contributed by atoms with van der Waals surface area (Å²) in [4.78, 5) is 28.0. The highest BCUT2D eigenvalue weighted by molar-refractivity contribution is 6.01. The fourth-order valence-electron chi connectivity index (χ4n) is 6.75. The lowest BCUT2D eigenvalue weighted by molar-refractivity contribution is -0.141. The quantitative estimate of drug-likeness (QED) is 0.230. The summed E-state index contributed by atoms with van der Waals surface area (Å²) in [6.07, 6.45) is 0.124. The third-order valence-corrected chi connectivity index (χ3v) is 8.91. The molecule has 1 aromatic heterocycles. The number of carbonyl (C=O) groups is 2. The van der Waals surface area contributed by atoms with E-state index in [9.17, 15) is 22.8 Å². The second-order valence-electron chi connectivity index (χ2n) is 13.0. The summed E-state index contributed by atoms with van der Waals surface area (Å²) < 4.78 is 60.8. The van der Waals surface area contributed by atoms with Crippen molar-refractivity contribution in [3.63, 3.8) is 0 Å². The molecule has 0 atom stereocenters. The summed E-state index contributed by atoms with van der Waals surface area (Å²) >= 11 is 0. The predicted molar refractivity (Wildman–Crippen MR) is 171 cm³/mol. The first-order valence-electron chi connectivity index (χ1n) is 15.6. The van der Waals surface area contributed by atoms with E-state index in [1.54, 1.807) is 32.4 Å². The van der Waals surface area contributed by atoms with Crippen molar-refractivity contribution in [3.05, 3.63) is 77.1 Å². The Morgan fingerprint density at radius 2 is 1.74 bits per heavy atom. The van der Waals surface area contributed by atoms with Gasteiger partial charge in [-0.1, -0.05) is 19.9 Å². The highest BCUT2D eigenvalue weighted by atomic mass is 19.4. The highest BCUT2D eigenvalue weighted by Gasteiger charge is 2.45. The molecule has 252 valence electrons. The van der Waals surface area contributed by atoms with E-state index in [1.165, 1.54) is 16.8 Å². The number of rotatable bonds is 11. The molecule has 1 saturated carbocycles. The van der Waals surface area contributed by atoms with Gasteiger partial charge in [-0.2, -0.15) is 18.3 Å². The molecule has 1 fully saturated rings. The van der Waals surface area contributed by atoms with Gasteiger partial charge in [0.1, 0.15) is 11.5 Å². The third kappa shape index (κ3) is 7.32. The van der Waals surface area contributed by atoms with Gasteiger partial charge >= 0.3 is 6.18 Å². The van der Waals surface area contributed by atoms with Gasteiger partial charge in [0.05, 0.1) is 55.1 Å². The minimum Gasteiger partial charge on any atom is -0.497 e. The molecule has 0 radical (unpaired) electrons. The Hall–Kier alpha value is -4.32. The van der Waals surface area contributed by atoms with Gasteiger partial charge in [0.25, 0.3) is 5.91 Å². The fourth-order valence-corrected chi connectivity index (χ4v) is 6.75. The molecule has 1 heterocycles. The maximum Gasteiger partial charge on any atom is 0.435 e. The van der Waals surface area contributed by atoms with Crippen molar-refractivity contribution in [2.75, 3.05) is 25.7 Å². The lowest BCUT2D eigenvalue weighted by Gasteiger charge is -2.39. The number of ether oxygens (including phenoxy) is 3. The van der Waals surface area contributed by atoms with E-state index >= 15 is 0 Å². The van der Waals surface area contributed by atoms with Crippen molar-refractivity contribution in [3.8, 4) is 17.2 Å². The third-order valence-electron chi connectivity index (χ3n) is 8.91.